The Labute approximate surface area is 140 Å². The molecule has 1 aliphatic rings. The van der Waals surface area contributed by atoms with Gasteiger partial charge in [0.25, 0.3) is 0 Å². The van der Waals surface area contributed by atoms with Crippen LogP contribution >= 0.6 is 0 Å². The summed E-state index contributed by atoms with van der Waals surface area (Å²) in [4.78, 5) is 12.9. The van der Waals surface area contributed by atoms with Gasteiger partial charge in [0.05, 0.1) is 0 Å². The van der Waals surface area contributed by atoms with E-state index in [0.29, 0.717) is 5.56 Å². The Kier molecular flexibility index (Phi) is 3.33. The highest BCUT2D eigenvalue weighted by Gasteiger charge is 2.28. The first-order chi connectivity index (χ1) is 11.8. The minimum absolute atomic E-state index is 0.193. The zero-order chi connectivity index (χ0) is 16.5. The minimum Gasteiger partial charge on any atom is -0.288 e. The predicted octanol–water partition coefficient (Wildman–Crippen LogP) is 4.88. The SMILES string of the molecule is N#CC(C(=O)c1ccccc1)=C1c2ccccc2-c2ccccc21. The molecule has 112 valence electrons. The summed E-state index contributed by atoms with van der Waals surface area (Å²) in [6.07, 6.45) is 0. The summed E-state index contributed by atoms with van der Waals surface area (Å²) in [5.74, 6) is -0.236. The lowest BCUT2D eigenvalue weighted by Gasteiger charge is -2.07. The lowest BCUT2D eigenvalue weighted by atomic mass is 9.93. The first-order valence-electron chi connectivity index (χ1n) is 7.74. The summed E-state index contributed by atoms with van der Waals surface area (Å²) >= 11 is 0. The Morgan fingerprint density at radius 2 is 1.12 bits per heavy atom. The van der Waals surface area contributed by atoms with E-state index in [9.17, 15) is 10.1 Å². The van der Waals surface area contributed by atoms with Crippen LogP contribution in [0.25, 0.3) is 16.7 Å². The molecule has 0 N–H and O–H groups in total. The molecule has 0 amide bonds. The minimum atomic E-state index is -0.236. The van der Waals surface area contributed by atoms with Gasteiger partial charge >= 0.3 is 0 Å². The molecule has 0 aromatic heterocycles. The molecule has 0 saturated carbocycles. The molecule has 3 aromatic carbocycles. The summed E-state index contributed by atoms with van der Waals surface area (Å²) in [6.45, 7) is 0. The van der Waals surface area contributed by atoms with Crippen molar-refractivity contribution in [3.05, 3.63) is 101 Å². The largest absolute Gasteiger partial charge is 0.288 e. The molecule has 0 atom stereocenters. The maximum absolute atomic E-state index is 12.9. The first-order valence-corrected chi connectivity index (χ1v) is 7.74. The molecule has 0 bridgehead atoms. The van der Waals surface area contributed by atoms with Gasteiger partial charge in [0.2, 0.25) is 5.78 Å². The highest BCUT2D eigenvalue weighted by Crippen LogP contribution is 2.45. The Morgan fingerprint density at radius 1 is 0.667 bits per heavy atom. The molecule has 0 heterocycles. The summed E-state index contributed by atoms with van der Waals surface area (Å²) in [5, 5.41) is 9.74. The van der Waals surface area contributed by atoms with E-state index in [1.54, 1.807) is 12.1 Å². The molecule has 0 saturated heterocycles. The highest BCUT2D eigenvalue weighted by atomic mass is 16.1. The van der Waals surface area contributed by atoms with E-state index in [4.69, 9.17) is 0 Å². The molecular formula is C22H13NO. The summed E-state index contributed by atoms with van der Waals surface area (Å²) in [5.41, 5.74) is 5.48. The second-order valence-corrected chi connectivity index (χ2v) is 5.65. The number of hydrogen-bond donors (Lipinski definition) is 0. The van der Waals surface area contributed by atoms with Crippen LogP contribution in [0.1, 0.15) is 21.5 Å². The number of hydrogen-bond acceptors (Lipinski definition) is 2. The lowest BCUT2D eigenvalue weighted by Crippen LogP contribution is -2.04. The van der Waals surface area contributed by atoms with Gasteiger partial charge in [-0.05, 0) is 22.3 Å². The van der Waals surface area contributed by atoms with Gasteiger partial charge in [0.15, 0.2) is 0 Å². The smallest absolute Gasteiger partial charge is 0.204 e. The van der Waals surface area contributed by atoms with E-state index in [2.05, 4.69) is 6.07 Å². The number of ketones is 1. The fourth-order valence-electron chi connectivity index (χ4n) is 3.24. The molecule has 0 unspecified atom stereocenters. The van der Waals surface area contributed by atoms with Crippen LogP contribution in [-0.4, -0.2) is 5.78 Å². The molecule has 4 rings (SSSR count). The second kappa shape index (κ2) is 5.64. The van der Waals surface area contributed by atoms with Crippen LogP contribution in [-0.2, 0) is 0 Å². The average Bonchev–Trinajstić information content (AvgIpc) is 2.98. The van der Waals surface area contributed by atoms with Crippen molar-refractivity contribution in [3.8, 4) is 17.2 Å². The molecule has 0 aliphatic heterocycles. The van der Waals surface area contributed by atoms with Crippen molar-refractivity contribution >= 4 is 11.4 Å². The number of allylic oxidation sites excluding steroid dienone is 1. The van der Waals surface area contributed by atoms with Gasteiger partial charge in [-0.3, -0.25) is 4.79 Å². The van der Waals surface area contributed by atoms with Crippen molar-refractivity contribution in [3.63, 3.8) is 0 Å². The molecule has 0 spiro atoms. The summed E-state index contributed by atoms with van der Waals surface area (Å²) in [6, 6.07) is 26.9. The fourth-order valence-corrected chi connectivity index (χ4v) is 3.24. The van der Waals surface area contributed by atoms with Gasteiger partial charge in [-0.15, -0.1) is 0 Å². The van der Waals surface area contributed by atoms with Gasteiger partial charge in [0.1, 0.15) is 11.6 Å². The number of nitriles is 1. The maximum Gasteiger partial charge on any atom is 0.204 e. The molecule has 1 aliphatic carbocycles. The van der Waals surface area contributed by atoms with Crippen LogP contribution in [0.3, 0.4) is 0 Å². The molecule has 0 radical (unpaired) electrons. The van der Waals surface area contributed by atoms with E-state index in [1.807, 2.05) is 66.7 Å². The molecule has 24 heavy (non-hydrogen) atoms. The fraction of sp³-hybridized carbons (Fsp3) is 0. The lowest BCUT2D eigenvalue weighted by molar-refractivity contribution is 0.103. The van der Waals surface area contributed by atoms with Crippen LogP contribution in [0.4, 0.5) is 0 Å². The second-order valence-electron chi connectivity index (χ2n) is 5.65. The number of carbonyl (C=O) groups excluding carboxylic acids is 1. The maximum atomic E-state index is 12.9. The summed E-state index contributed by atoms with van der Waals surface area (Å²) in [7, 11) is 0. The topological polar surface area (TPSA) is 40.9 Å². The number of fused-ring (bicyclic) bond motifs is 3. The number of Topliss-reactive ketones (excluding diaryl/α,β-unsaturated/α-hetero) is 1. The Bertz CT molecular complexity index is 976. The van der Waals surface area contributed by atoms with Crippen molar-refractivity contribution in [1.82, 2.24) is 0 Å². The van der Waals surface area contributed by atoms with E-state index in [-0.39, 0.29) is 11.4 Å². The molecule has 2 nitrogen and oxygen atoms in total. The van der Waals surface area contributed by atoms with Crippen LogP contribution in [0.2, 0.25) is 0 Å². The van der Waals surface area contributed by atoms with Gasteiger partial charge < -0.3 is 0 Å². The van der Waals surface area contributed by atoms with Gasteiger partial charge in [-0.2, -0.15) is 5.26 Å². The molecule has 0 fully saturated rings. The average molecular weight is 307 g/mol. The van der Waals surface area contributed by atoms with E-state index >= 15 is 0 Å². The van der Waals surface area contributed by atoms with Gasteiger partial charge in [0, 0.05) is 11.1 Å². The van der Waals surface area contributed by atoms with Crippen LogP contribution in [0, 0.1) is 11.3 Å². The van der Waals surface area contributed by atoms with Gasteiger partial charge in [-0.25, -0.2) is 0 Å². The summed E-state index contributed by atoms with van der Waals surface area (Å²) < 4.78 is 0. The monoisotopic (exact) mass is 307 g/mol. The Morgan fingerprint density at radius 3 is 1.62 bits per heavy atom. The normalized spacial score (nSPS) is 11.4. The van der Waals surface area contributed by atoms with Crippen molar-refractivity contribution in [2.45, 2.75) is 0 Å². The molecule has 3 aromatic rings. The van der Waals surface area contributed by atoms with Crippen LogP contribution in [0.15, 0.2) is 84.4 Å². The van der Waals surface area contributed by atoms with E-state index in [1.165, 1.54) is 0 Å². The van der Waals surface area contributed by atoms with Crippen molar-refractivity contribution in [1.29, 1.82) is 5.26 Å². The van der Waals surface area contributed by atoms with Crippen LogP contribution < -0.4 is 0 Å². The Balaban J connectivity index is 2.01. The molecule has 2 heteroatoms. The Hall–Kier alpha value is -3.44. The van der Waals surface area contributed by atoms with E-state index < -0.39 is 0 Å². The van der Waals surface area contributed by atoms with Crippen LogP contribution in [0.5, 0.6) is 0 Å². The quantitative estimate of drug-likeness (QED) is 0.301. The van der Waals surface area contributed by atoms with Crippen molar-refractivity contribution < 1.29 is 4.79 Å². The molecular weight excluding hydrogens is 294 g/mol. The van der Waals surface area contributed by atoms with Crippen molar-refractivity contribution in [2.75, 3.05) is 0 Å². The zero-order valence-corrected chi connectivity index (χ0v) is 12.9. The van der Waals surface area contributed by atoms with Gasteiger partial charge in [-0.1, -0.05) is 78.9 Å². The zero-order valence-electron chi connectivity index (χ0n) is 12.9. The standard InChI is InChI=1S/C22H13NO/c23-14-20(22(24)15-8-2-1-3-9-15)21-18-12-6-4-10-16(18)17-11-5-7-13-19(17)21/h1-13H. The number of carbonyl (C=O) groups is 1. The third-order valence-corrected chi connectivity index (χ3v) is 4.31. The predicted molar refractivity (Wildman–Crippen MR) is 94.3 cm³/mol. The first kappa shape index (κ1) is 14.2. The third kappa shape index (κ3) is 2.07. The number of rotatable bonds is 2. The highest BCUT2D eigenvalue weighted by molar-refractivity contribution is 6.20. The third-order valence-electron chi connectivity index (χ3n) is 4.31. The van der Waals surface area contributed by atoms with E-state index in [0.717, 1.165) is 27.8 Å². The van der Waals surface area contributed by atoms with Crippen molar-refractivity contribution in [2.24, 2.45) is 0 Å². The number of benzene rings is 3. The number of nitrogens with zero attached hydrogens (tertiary/aromatic N) is 1.